The Morgan fingerprint density at radius 3 is 2.64 bits per heavy atom. The van der Waals surface area contributed by atoms with Gasteiger partial charge in [-0.25, -0.2) is 0 Å². The lowest BCUT2D eigenvalue weighted by Gasteiger charge is -2.36. The highest BCUT2D eigenvalue weighted by molar-refractivity contribution is 5.82. The predicted octanol–water partition coefficient (Wildman–Crippen LogP) is 2.61. The van der Waals surface area contributed by atoms with E-state index in [0.29, 0.717) is 18.4 Å². The Hall–Kier alpha value is -1.88. The summed E-state index contributed by atoms with van der Waals surface area (Å²) in [6, 6.07) is 10.3. The van der Waals surface area contributed by atoms with Gasteiger partial charge in [-0.1, -0.05) is 44.2 Å². The van der Waals surface area contributed by atoms with Gasteiger partial charge >= 0.3 is 0 Å². The van der Waals surface area contributed by atoms with E-state index < -0.39 is 0 Å². The normalized spacial score (nSPS) is 23.6. The maximum absolute atomic E-state index is 13.3. The van der Waals surface area contributed by atoms with Gasteiger partial charge in [-0.15, -0.1) is 0 Å². The van der Waals surface area contributed by atoms with Crippen LogP contribution >= 0.6 is 0 Å². The van der Waals surface area contributed by atoms with Crippen molar-refractivity contribution in [3.63, 3.8) is 0 Å². The highest BCUT2D eigenvalue weighted by Crippen LogP contribution is 2.24. The van der Waals surface area contributed by atoms with Crippen molar-refractivity contribution in [3.8, 4) is 0 Å². The topological polar surface area (TPSA) is 61.4 Å². The summed E-state index contributed by atoms with van der Waals surface area (Å²) >= 11 is 0. The molecule has 1 aromatic rings. The number of hydrogen-bond donors (Lipinski definition) is 2. The zero-order chi connectivity index (χ0) is 19.9. The first-order valence-corrected chi connectivity index (χ1v) is 10.9. The number of carbonyl (C=O) groups is 2. The Morgan fingerprint density at radius 1 is 1.18 bits per heavy atom. The summed E-state index contributed by atoms with van der Waals surface area (Å²) in [6.45, 7) is 7.48. The van der Waals surface area contributed by atoms with Crippen LogP contribution in [0.4, 0.5) is 0 Å². The van der Waals surface area contributed by atoms with E-state index in [1.54, 1.807) is 0 Å². The van der Waals surface area contributed by atoms with E-state index in [2.05, 4.69) is 36.6 Å². The van der Waals surface area contributed by atoms with E-state index in [0.717, 1.165) is 51.7 Å². The highest BCUT2D eigenvalue weighted by Gasteiger charge is 2.31. The molecule has 3 atom stereocenters. The minimum atomic E-state index is -0.0301. The van der Waals surface area contributed by atoms with Crippen LogP contribution in [0.5, 0.6) is 0 Å². The molecule has 2 heterocycles. The van der Waals surface area contributed by atoms with Crippen molar-refractivity contribution in [3.05, 3.63) is 35.9 Å². The van der Waals surface area contributed by atoms with E-state index in [1.807, 2.05) is 23.1 Å². The second-order valence-corrected chi connectivity index (χ2v) is 8.73. The standard InChI is InChI=1S/C23H35N3O2/c1-17(2)20(14-18-8-4-3-5-9-18)23(28)26-13-7-10-19(16-26)15-25-22(27)21-11-6-12-24-21/h3-5,8-9,17,19-21,24H,6-7,10-16H2,1-2H3,(H,25,27). The number of nitrogens with one attached hydrogen (secondary N) is 2. The minimum Gasteiger partial charge on any atom is -0.354 e. The number of piperidine rings is 1. The number of carbonyl (C=O) groups excluding carboxylic acids is 2. The molecule has 0 saturated carbocycles. The molecule has 154 valence electrons. The van der Waals surface area contributed by atoms with Gasteiger partial charge in [0.25, 0.3) is 0 Å². The van der Waals surface area contributed by atoms with Crippen LogP contribution in [0.2, 0.25) is 0 Å². The van der Waals surface area contributed by atoms with Gasteiger partial charge < -0.3 is 15.5 Å². The number of amides is 2. The monoisotopic (exact) mass is 385 g/mol. The summed E-state index contributed by atoms with van der Waals surface area (Å²) in [4.78, 5) is 27.6. The molecule has 2 aliphatic heterocycles. The fraction of sp³-hybridized carbons (Fsp3) is 0.652. The van der Waals surface area contributed by atoms with Crippen LogP contribution in [0.25, 0.3) is 0 Å². The zero-order valence-corrected chi connectivity index (χ0v) is 17.3. The second-order valence-electron chi connectivity index (χ2n) is 8.73. The van der Waals surface area contributed by atoms with Gasteiger partial charge in [0, 0.05) is 25.6 Å². The number of likely N-dealkylation sites (tertiary alicyclic amines) is 1. The lowest BCUT2D eigenvalue weighted by molar-refractivity contribution is -0.138. The quantitative estimate of drug-likeness (QED) is 0.758. The molecule has 28 heavy (non-hydrogen) atoms. The SMILES string of the molecule is CC(C)C(Cc1ccccc1)C(=O)N1CCCC(CNC(=O)C2CCCN2)C1. The maximum atomic E-state index is 13.3. The molecule has 2 amide bonds. The van der Waals surface area contributed by atoms with Crippen LogP contribution in [0, 0.1) is 17.8 Å². The summed E-state index contributed by atoms with van der Waals surface area (Å²) in [6.07, 6.45) is 4.89. The second kappa shape index (κ2) is 10.1. The van der Waals surface area contributed by atoms with Crippen molar-refractivity contribution in [2.24, 2.45) is 17.8 Å². The van der Waals surface area contributed by atoms with E-state index in [9.17, 15) is 9.59 Å². The molecule has 1 aromatic carbocycles. The summed E-state index contributed by atoms with van der Waals surface area (Å²) in [5.74, 6) is 1.06. The molecule has 0 bridgehead atoms. The van der Waals surface area contributed by atoms with Crippen molar-refractivity contribution in [1.82, 2.24) is 15.5 Å². The Labute approximate surface area is 169 Å². The molecule has 5 heteroatoms. The fourth-order valence-electron chi connectivity index (χ4n) is 4.42. The van der Waals surface area contributed by atoms with Crippen molar-refractivity contribution in [2.75, 3.05) is 26.2 Å². The van der Waals surface area contributed by atoms with Crippen LogP contribution in [-0.2, 0) is 16.0 Å². The molecule has 0 aromatic heterocycles. The van der Waals surface area contributed by atoms with Gasteiger partial charge in [0.1, 0.15) is 0 Å². The molecular weight excluding hydrogens is 350 g/mol. The van der Waals surface area contributed by atoms with Crippen LogP contribution in [-0.4, -0.2) is 48.9 Å². The first kappa shape index (κ1) is 20.8. The lowest BCUT2D eigenvalue weighted by atomic mass is 9.86. The Balaban J connectivity index is 1.53. The van der Waals surface area contributed by atoms with Gasteiger partial charge in [0.2, 0.25) is 11.8 Å². The third kappa shape index (κ3) is 5.57. The van der Waals surface area contributed by atoms with Crippen molar-refractivity contribution in [1.29, 1.82) is 0 Å². The molecule has 2 aliphatic rings. The average molecular weight is 386 g/mol. The molecule has 2 N–H and O–H groups in total. The van der Waals surface area contributed by atoms with E-state index in [1.165, 1.54) is 5.56 Å². The molecule has 5 nitrogen and oxygen atoms in total. The first-order valence-electron chi connectivity index (χ1n) is 10.9. The number of rotatable bonds is 7. The van der Waals surface area contributed by atoms with Crippen molar-refractivity contribution in [2.45, 2.75) is 52.0 Å². The summed E-state index contributed by atoms with van der Waals surface area (Å²) in [7, 11) is 0. The molecular formula is C23H35N3O2. The third-order valence-corrected chi connectivity index (χ3v) is 6.19. The molecule has 0 aliphatic carbocycles. The maximum Gasteiger partial charge on any atom is 0.237 e. The number of hydrogen-bond acceptors (Lipinski definition) is 3. The van der Waals surface area contributed by atoms with Gasteiger partial charge in [-0.05, 0) is 56.0 Å². The van der Waals surface area contributed by atoms with Crippen LogP contribution in [0.3, 0.4) is 0 Å². The number of benzene rings is 1. The van der Waals surface area contributed by atoms with E-state index in [4.69, 9.17) is 0 Å². The molecule has 2 fully saturated rings. The Kier molecular flexibility index (Phi) is 7.49. The van der Waals surface area contributed by atoms with Crippen molar-refractivity contribution < 1.29 is 9.59 Å². The van der Waals surface area contributed by atoms with Gasteiger partial charge in [0.15, 0.2) is 0 Å². The molecule has 0 spiro atoms. The van der Waals surface area contributed by atoms with E-state index in [-0.39, 0.29) is 23.8 Å². The van der Waals surface area contributed by atoms with Gasteiger partial charge in [-0.3, -0.25) is 9.59 Å². The first-order chi connectivity index (χ1) is 13.5. The lowest BCUT2D eigenvalue weighted by Crippen LogP contribution is -2.48. The zero-order valence-electron chi connectivity index (χ0n) is 17.3. The Bertz CT molecular complexity index is 641. The molecule has 3 rings (SSSR count). The molecule has 2 saturated heterocycles. The van der Waals surface area contributed by atoms with Gasteiger partial charge in [-0.2, -0.15) is 0 Å². The van der Waals surface area contributed by atoms with Gasteiger partial charge in [0.05, 0.1) is 6.04 Å². The molecule has 3 unspecified atom stereocenters. The van der Waals surface area contributed by atoms with Crippen LogP contribution < -0.4 is 10.6 Å². The smallest absolute Gasteiger partial charge is 0.237 e. The van der Waals surface area contributed by atoms with Crippen LogP contribution in [0.15, 0.2) is 30.3 Å². The van der Waals surface area contributed by atoms with Crippen LogP contribution in [0.1, 0.15) is 45.1 Å². The fourth-order valence-corrected chi connectivity index (χ4v) is 4.42. The van der Waals surface area contributed by atoms with E-state index >= 15 is 0 Å². The minimum absolute atomic E-state index is 0.0124. The number of nitrogens with zero attached hydrogens (tertiary/aromatic N) is 1. The highest BCUT2D eigenvalue weighted by atomic mass is 16.2. The summed E-state index contributed by atoms with van der Waals surface area (Å²) in [5, 5.41) is 6.35. The molecule has 0 radical (unpaired) electrons. The van der Waals surface area contributed by atoms with Crippen molar-refractivity contribution >= 4 is 11.8 Å². The Morgan fingerprint density at radius 2 is 1.96 bits per heavy atom. The predicted molar refractivity (Wildman–Crippen MR) is 112 cm³/mol. The average Bonchev–Trinajstić information content (AvgIpc) is 3.25. The third-order valence-electron chi connectivity index (χ3n) is 6.19. The largest absolute Gasteiger partial charge is 0.354 e. The summed E-state index contributed by atoms with van der Waals surface area (Å²) < 4.78 is 0. The summed E-state index contributed by atoms with van der Waals surface area (Å²) in [5.41, 5.74) is 1.22.